The van der Waals surface area contributed by atoms with Crippen molar-refractivity contribution in [3.8, 4) is 0 Å². The summed E-state index contributed by atoms with van der Waals surface area (Å²) in [6.07, 6.45) is 1.84. The maximum absolute atomic E-state index is 13.4. The highest BCUT2D eigenvalue weighted by atomic mass is 79.9. The van der Waals surface area contributed by atoms with Crippen molar-refractivity contribution in [2.45, 2.75) is 20.4 Å². The number of aromatic nitrogens is 1. The second-order valence-corrected chi connectivity index (χ2v) is 5.95. The Hall–Kier alpha value is -0.940. The molecule has 2 aromatic rings. The zero-order chi connectivity index (χ0) is 12.4. The van der Waals surface area contributed by atoms with E-state index in [9.17, 15) is 4.39 Å². The van der Waals surface area contributed by atoms with Crippen LogP contribution in [0.2, 0.25) is 0 Å². The summed E-state index contributed by atoms with van der Waals surface area (Å²) in [7, 11) is 0. The third-order valence-corrected chi connectivity index (χ3v) is 3.91. The molecule has 1 aromatic heterocycles. The van der Waals surface area contributed by atoms with Crippen molar-refractivity contribution < 1.29 is 4.39 Å². The largest absolute Gasteiger partial charge is 0.380 e. The van der Waals surface area contributed by atoms with Crippen LogP contribution in [-0.2, 0) is 6.54 Å². The van der Waals surface area contributed by atoms with Crippen LogP contribution in [-0.4, -0.2) is 4.98 Å². The second kappa shape index (κ2) is 5.14. The molecule has 0 radical (unpaired) electrons. The smallest absolute Gasteiger partial charge is 0.139 e. The third kappa shape index (κ3) is 3.04. The lowest BCUT2D eigenvalue weighted by Gasteiger charge is -2.09. The number of anilines is 1. The standard InChI is InChI=1S/C12H12BrFN2S/c1-7-3-10(13)11(14)4-12(7)16-6-9-5-15-8(2)17-9/h3-5,16H,6H2,1-2H3. The van der Waals surface area contributed by atoms with Crippen molar-refractivity contribution in [1.82, 2.24) is 4.98 Å². The summed E-state index contributed by atoms with van der Waals surface area (Å²) in [5.41, 5.74) is 1.83. The Morgan fingerprint density at radius 3 is 2.82 bits per heavy atom. The zero-order valence-corrected chi connectivity index (χ0v) is 12.0. The van der Waals surface area contributed by atoms with Gasteiger partial charge in [0.1, 0.15) is 5.82 Å². The number of rotatable bonds is 3. The maximum Gasteiger partial charge on any atom is 0.139 e. The van der Waals surface area contributed by atoms with E-state index in [1.807, 2.05) is 20.0 Å². The molecule has 0 aliphatic carbocycles. The quantitative estimate of drug-likeness (QED) is 0.915. The van der Waals surface area contributed by atoms with Crippen LogP contribution in [0.1, 0.15) is 15.4 Å². The molecule has 0 saturated carbocycles. The molecule has 0 saturated heterocycles. The van der Waals surface area contributed by atoms with E-state index in [0.29, 0.717) is 11.0 Å². The molecular weight excluding hydrogens is 303 g/mol. The lowest BCUT2D eigenvalue weighted by Crippen LogP contribution is -2.00. The molecule has 0 spiro atoms. The van der Waals surface area contributed by atoms with Crippen LogP contribution in [0.4, 0.5) is 10.1 Å². The van der Waals surface area contributed by atoms with Gasteiger partial charge in [-0.3, -0.25) is 0 Å². The highest BCUT2D eigenvalue weighted by Gasteiger charge is 2.05. The highest BCUT2D eigenvalue weighted by Crippen LogP contribution is 2.24. The summed E-state index contributed by atoms with van der Waals surface area (Å²) < 4.78 is 13.9. The Morgan fingerprint density at radius 1 is 1.41 bits per heavy atom. The van der Waals surface area contributed by atoms with Crippen molar-refractivity contribution in [3.05, 3.63) is 44.1 Å². The van der Waals surface area contributed by atoms with E-state index in [2.05, 4.69) is 26.2 Å². The summed E-state index contributed by atoms with van der Waals surface area (Å²) in [5, 5.41) is 4.26. The van der Waals surface area contributed by atoms with E-state index in [1.54, 1.807) is 17.4 Å². The minimum absolute atomic E-state index is 0.251. The number of nitrogens with one attached hydrogen (secondary N) is 1. The monoisotopic (exact) mass is 314 g/mol. The number of benzene rings is 1. The molecule has 0 fully saturated rings. The number of nitrogens with zero attached hydrogens (tertiary/aromatic N) is 1. The lowest BCUT2D eigenvalue weighted by molar-refractivity contribution is 0.621. The summed E-state index contributed by atoms with van der Waals surface area (Å²) in [6, 6.07) is 3.28. The first-order valence-electron chi connectivity index (χ1n) is 5.17. The third-order valence-electron chi connectivity index (χ3n) is 2.39. The van der Waals surface area contributed by atoms with Crippen LogP contribution >= 0.6 is 27.3 Å². The summed E-state index contributed by atoms with van der Waals surface area (Å²) in [4.78, 5) is 5.32. The Kier molecular flexibility index (Phi) is 3.79. The van der Waals surface area contributed by atoms with Crippen LogP contribution < -0.4 is 5.32 Å². The summed E-state index contributed by atoms with van der Waals surface area (Å²) in [6.45, 7) is 4.59. The van der Waals surface area contributed by atoms with Crippen molar-refractivity contribution in [1.29, 1.82) is 0 Å². The first-order valence-corrected chi connectivity index (χ1v) is 6.78. The zero-order valence-electron chi connectivity index (χ0n) is 9.55. The molecule has 0 unspecified atom stereocenters. The Balaban J connectivity index is 2.11. The van der Waals surface area contributed by atoms with Gasteiger partial charge in [-0.25, -0.2) is 9.37 Å². The normalized spacial score (nSPS) is 10.6. The molecule has 2 rings (SSSR count). The molecule has 0 bridgehead atoms. The fraction of sp³-hybridized carbons (Fsp3) is 0.250. The van der Waals surface area contributed by atoms with E-state index in [1.165, 1.54) is 6.07 Å². The Bertz CT molecular complexity index is 539. The van der Waals surface area contributed by atoms with E-state index in [4.69, 9.17) is 0 Å². The first kappa shape index (κ1) is 12.5. The highest BCUT2D eigenvalue weighted by molar-refractivity contribution is 9.10. The van der Waals surface area contributed by atoms with Gasteiger partial charge in [-0.05, 0) is 47.5 Å². The molecule has 1 aromatic carbocycles. The molecule has 90 valence electrons. The van der Waals surface area contributed by atoms with Gasteiger partial charge in [-0.15, -0.1) is 11.3 Å². The van der Waals surface area contributed by atoms with Crippen molar-refractivity contribution >= 4 is 33.0 Å². The van der Waals surface area contributed by atoms with Crippen molar-refractivity contribution in [3.63, 3.8) is 0 Å². The predicted octanol–water partition coefficient (Wildman–Crippen LogP) is 4.27. The summed E-state index contributed by atoms with van der Waals surface area (Å²) >= 11 is 4.81. The van der Waals surface area contributed by atoms with E-state index in [0.717, 1.165) is 21.1 Å². The van der Waals surface area contributed by atoms with Crippen LogP contribution in [0.15, 0.2) is 22.8 Å². The molecule has 5 heteroatoms. The molecule has 17 heavy (non-hydrogen) atoms. The van der Waals surface area contributed by atoms with Gasteiger partial charge < -0.3 is 5.32 Å². The van der Waals surface area contributed by atoms with Gasteiger partial charge in [-0.1, -0.05) is 0 Å². The molecule has 0 atom stereocenters. The predicted molar refractivity (Wildman–Crippen MR) is 73.0 cm³/mol. The fourth-order valence-electron chi connectivity index (χ4n) is 1.51. The minimum Gasteiger partial charge on any atom is -0.380 e. The van der Waals surface area contributed by atoms with Crippen LogP contribution in [0.3, 0.4) is 0 Å². The number of hydrogen-bond acceptors (Lipinski definition) is 3. The first-order chi connectivity index (χ1) is 8.06. The molecular formula is C12H12BrFN2S. The van der Waals surface area contributed by atoms with Gasteiger partial charge in [0, 0.05) is 16.8 Å². The van der Waals surface area contributed by atoms with Gasteiger partial charge in [0.05, 0.1) is 16.0 Å². The molecule has 2 nitrogen and oxygen atoms in total. The SMILES string of the molecule is Cc1ncc(CNc2cc(F)c(Br)cc2C)s1. The number of thiazole rings is 1. The molecule has 0 aliphatic heterocycles. The Morgan fingerprint density at radius 2 is 2.18 bits per heavy atom. The van der Waals surface area contributed by atoms with Crippen molar-refractivity contribution in [2.75, 3.05) is 5.32 Å². The molecule has 0 amide bonds. The Labute approximate surface area is 112 Å². The average Bonchev–Trinajstić information content (AvgIpc) is 2.68. The van der Waals surface area contributed by atoms with Gasteiger partial charge in [0.15, 0.2) is 0 Å². The van der Waals surface area contributed by atoms with Crippen LogP contribution in [0.5, 0.6) is 0 Å². The van der Waals surface area contributed by atoms with Gasteiger partial charge in [0.25, 0.3) is 0 Å². The summed E-state index contributed by atoms with van der Waals surface area (Å²) in [5.74, 6) is -0.251. The molecule has 0 aliphatic rings. The van der Waals surface area contributed by atoms with E-state index in [-0.39, 0.29) is 5.82 Å². The van der Waals surface area contributed by atoms with E-state index < -0.39 is 0 Å². The minimum atomic E-state index is -0.251. The van der Waals surface area contributed by atoms with Gasteiger partial charge >= 0.3 is 0 Å². The molecule has 1 N–H and O–H groups in total. The van der Waals surface area contributed by atoms with Crippen LogP contribution in [0, 0.1) is 19.7 Å². The van der Waals surface area contributed by atoms with Gasteiger partial charge in [-0.2, -0.15) is 0 Å². The van der Waals surface area contributed by atoms with Gasteiger partial charge in [0.2, 0.25) is 0 Å². The molecule has 1 heterocycles. The second-order valence-electron chi connectivity index (χ2n) is 3.78. The van der Waals surface area contributed by atoms with E-state index >= 15 is 0 Å². The average molecular weight is 315 g/mol. The maximum atomic E-state index is 13.4. The van der Waals surface area contributed by atoms with Crippen molar-refractivity contribution in [2.24, 2.45) is 0 Å². The topological polar surface area (TPSA) is 24.9 Å². The fourth-order valence-corrected chi connectivity index (χ4v) is 2.70. The number of hydrogen-bond donors (Lipinski definition) is 1. The lowest BCUT2D eigenvalue weighted by atomic mass is 10.2. The number of halogens is 2. The van der Waals surface area contributed by atoms with Crippen LogP contribution in [0.25, 0.3) is 0 Å². The number of aryl methyl sites for hydroxylation is 2.